The molecule has 154 valence electrons. The van der Waals surface area contributed by atoms with Crippen molar-refractivity contribution in [1.82, 2.24) is 20.3 Å². The van der Waals surface area contributed by atoms with Gasteiger partial charge in [0.25, 0.3) is 5.91 Å². The van der Waals surface area contributed by atoms with E-state index in [1.807, 2.05) is 4.90 Å². The summed E-state index contributed by atoms with van der Waals surface area (Å²) in [5.74, 6) is -4.59. The van der Waals surface area contributed by atoms with Crippen LogP contribution in [0.1, 0.15) is 22.3 Å². The molecule has 0 spiro atoms. The standard InChI is InChI=1S/C19H16F3N7O/c20-11-1-2-12(21)15(22)14(11)18(30)26-7-19(24)3-4-29(8-19)17-13-10(5-23)6-25-16(13)27-9-28-17/h1-2,6,9H,3-4,7-8,24H2,(H,26,30)(H,25,27,28)/t19-/m0/s1. The molecule has 3 aromatic rings. The molecule has 0 saturated carbocycles. The number of nitrogens with zero attached hydrogens (tertiary/aromatic N) is 4. The van der Waals surface area contributed by atoms with E-state index in [1.165, 1.54) is 12.5 Å². The number of rotatable bonds is 4. The van der Waals surface area contributed by atoms with E-state index in [2.05, 4.69) is 26.3 Å². The Balaban J connectivity index is 1.51. The molecule has 0 aliphatic carbocycles. The average molecular weight is 415 g/mol. The summed E-state index contributed by atoms with van der Waals surface area (Å²) in [5, 5.41) is 12.3. The summed E-state index contributed by atoms with van der Waals surface area (Å²) in [6.07, 6.45) is 3.35. The molecule has 4 N–H and O–H groups in total. The predicted octanol–water partition coefficient (Wildman–Crippen LogP) is 1.58. The van der Waals surface area contributed by atoms with Crippen LogP contribution in [-0.2, 0) is 0 Å². The summed E-state index contributed by atoms with van der Waals surface area (Å²) in [5.41, 5.74) is 5.37. The van der Waals surface area contributed by atoms with Gasteiger partial charge in [-0.1, -0.05) is 0 Å². The van der Waals surface area contributed by atoms with Gasteiger partial charge in [-0.3, -0.25) is 4.79 Å². The lowest BCUT2D eigenvalue weighted by atomic mass is 10.00. The first-order chi connectivity index (χ1) is 14.3. The third kappa shape index (κ3) is 3.31. The van der Waals surface area contributed by atoms with E-state index < -0.39 is 34.5 Å². The van der Waals surface area contributed by atoms with Gasteiger partial charge >= 0.3 is 0 Å². The lowest BCUT2D eigenvalue weighted by molar-refractivity contribution is 0.0935. The topological polar surface area (TPSA) is 124 Å². The van der Waals surface area contributed by atoms with Crippen LogP contribution in [-0.4, -0.2) is 46.0 Å². The number of anilines is 1. The third-order valence-electron chi connectivity index (χ3n) is 5.13. The van der Waals surface area contributed by atoms with Gasteiger partial charge in [0.15, 0.2) is 11.6 Å². The van der Waals surface area contributed by atoms with Gasteiger partial charge in [0.1, 0.15) is 35.2 Å². The second-order valence-corrected chi connectivity index (χ2v) is 7.17. The van der Waals surface area contributed by atoms with Crippen molar-refractivity contribution in [3.63, 3.8) is 0 Å². The zero-order valence-corrected chi connectivity index (χ0v) is 15.5. The van der Waals surface area contributed by atoms with E-state index in [9.17, 15) is 23.2 Å². The molecular formula is C19H16F3N7O. The second-order valence-electron chi connectivity index (χ2n) is 7.17. The number of aromatic amines is 1. The molecule has 0 bridgehead atoms. The van der Waals surface area contributed by atoms with E-state index in [1.54, 1.807) is 0 Å². The number of nitrogens with one attached hydrogen (secondary N) is 2. The Hall–Kier alpha value is -3.65. The van der Waals surface area contributed by atoms with Crippen molar-refractivity contribution in [3.8, 4) is 6.07 Å². The highest BCUT2D eigenvalue weighted by Gasteiger charge is 2.37. The Morgan fingerprint density at radius 1 is 1.33 bits per heavy atom. The molecule has 1 atom stereocenters. The van der Waals surface area contributed by atoms with Crippen LogP contribution in [0.15, 0.2) is 24.7 Å². The third-order valence-corrected chi connectivity index (χ3v) is 5.13. The Morgan fingerprint density at radius 2 is 2.10 bits per heavy atom. The van der Waals surface area contributed by atoms with Gasteiger partial charge in [-0.2, -0.15) is 5.26 Å². The molecule has 1 saturated heterocycles. The van der Waals surface area contributed by atoms with Crippen LogP contribution in [0.4, 0.5) is 19.0 Å². The minimum Gasteiger partial charge on any atom is -0.354 e. The molecule has 3 heterocycles. The molecule has 2 aromatic heterocycles. The summed E-state index contributed by atoms with van der Waals surface area (Å²) >= 11 is 0. The van der Waals surface area contributed by atoms with Crippen LogP contribution in [0, 0.1) is 28.8 Å². The first-order valence-electron chi connectivity index (χ1n) is 9.01. The fourth-order valence-electron chi connectivity index (χ4n) is 3.58. The fraction of sp³-hybridized carbons (Fsp3) is 0.263. The molecule has 0 radical (unpaired) electrons. The molecule has 1 fully saturated rings. The van der Waals surface area contributed by atoms with E-state index >= 15 is 0 Å². The smallest absolute Gasteiger partial charge is 0.257 e. The summed E-state index contributed by atoms with van der Waals surface area (Å²) in [4.78, 5) is 25.4. The molecule has 30 heavy (non-hydrogen) atoms. The normalized spacial score (nSPS) is 18.6. The Bertz CT molecular complexity index is 1190. The lowest BCUT2D eigenvalue weighted by Crippen LogP contribution is -2.52. The van der Waals surface area contributed by atoms with Crippen LogP contribution in [0.25, 0.3) is 11.0 Å². The van der Waals surface area contributed by atoms with Gasteiger partial charge in [-0.15, -0.1) is 0 Å². The molecule has 1 amide bonds. The summed E-state index contributed by atoms with van der Waals surface area (Å²) in [7, 11) is 0. The average Bonchev–Trinajstić information content (AvgIpc) is 3.33. The number of aromatic nitrogens is 3. The number of benzene rings is 1. The maximum Gasteiger partial charge on any atom is 0.257 e. The zero-order chi connectivity index (χ0) is 21.5. The first-order valence-corrected chi connectivity index (χ1v) is 9.01. The van der Waals surface area contributed by atoms with Crippen molar-refractivity contribution in [1.29, 1.82) is 5.26 Å². The van der Waals surface area contributed by atoms with Crippen LogP contribution >= 0.6 is 0 Å². The van der Waals surface area contributed by atoms with Crippen LogP contribution in [0.2, 0.25) is 0 Å². The maximum absolute atomic E-state index is 13.8. The monoisotopic (exact) mass is 415 g/mol. The molecule has 4 rings (SSSR count). The minimum absolute atomic E-state index is 0.0931. The zero-order valence-electron chi connectivity index (χ0n) is 15.5. The van der Waals surface area contributed by atoms with Crippen molar-refractivity contribution in [2.75, 3.05) is 24.5 Å². The van der Waals surface area contributed by atoms with E-state index in [0.29, 0.717) is 47.5 Å². The maximum atomic E-state index is 13.8. The van der Waals surface area contributed by atoms with Crippen LogP contribution in [0.3, 0.4) is 0 Å². The molecule has 1 aliphatic rings. The molecule has 8 nitrogen and oxygen atoms in total. The van der Waals surface area contributed by atoms with Crippen molar-refractivity contribution >= 4 is 22.8 Å². The molecule has 11 heteroatoms. The largest absolute Gasteiger partial charge is 0.354 e. The van der Waals surface area contributed by atoms with Crippen molar-refractivity contribution < 1.29 is 18.0 Å². The number of hydrogen-bond donors (Lipinski definition) is 3. The molecule has 1 aromatic carbocycles. The summed E-state index contributed by atoms with van der Waals surface area (Å²) < 4.78 is 41.0. The second kappa shape index (κ2) is 7.31. The number of halogens is 3. The Kier molecular flexibility index (Phi) is 4.79. The molecule has 0 unspecified atom stereocenters. The number of hydrogen-bond acceptors (Lipinski definition) is 6. The Morgan fingerprint density at radius 3 is 2.87 bits per heavy atom. The fourth-order valence-corrected chi connectivity index (χ4v) is 3.58. The van der Waals surface area contributed by atoms with Crippen molar-refractivity contribution in [3.05, 3.63) is 53.2 Å². The first kappa shape index (κ1) is 19.7. The van der Waals surface area contributed by atoms with Crippen LogP contribution in [0.5, 0.6) is 0 Å². The lowest BCUT2D eigenvalue weighted by Gasteiger charge is -2.25. The summed E-state index contributed by atoms with van der Waals surface area (Å²) in [6.45, 7) is 0.658. The van der Waals surface area contributed by atoms with Gasteiger partial charge in [-0.25, -0.2) is 23.1 Å². The predicted molar refractivity (Wildman–Crippen MR) is 101 cm³/mol. The Labute approximate surface area is 168 Å². The van der Waals surface area contributed by atoms with Crippen molar-refractivity contribution in [2.45, 2.75) is 12.0 Å². The van der Waals surface area contributed by atoms with E-state index in [-0.39, 0.29) is 13.1 Å². The number of amides is 1. The highest BCUT2D eigenvalue weighted by molar-refractivity contribution is 5.95. The van der Waals surface area contributed by atoms with Gasteiger partial charge < -0.3 is 20.9 Å². The number of fused-ring (bicyclic) bond motifs is 1. The highest BCUT2D eigenvalue weighted by atomic mass is 19.2. The highest BCUT2D eigenvalue weighted by Crippen LogP contribution is 2.30. The number of H-pyrrole nitrogens is 1. The van der Waals surface area contributed by atoms with E-state index in [0.717, 1.165) is 0 Å². The summed E-state index contributed by atoms with van der Waals surface area (Å²) in [6, 6.07) is 3.38. The van der Waals surface area contributed by atoms with Gasteiger partial charge in [0.05, 0.1) is 16.5 Å². The van der Waals surface area contributed by atoms with Crippen LogP contribution < -0.4 is 16.0 Å². The van der Waals surface area contributed by atoms with E-state index in [4.69, 9.17) is 5.73 Å². The molecular weight excluding hydrogens is 399 g/mol. The van der Waals surface area contributed by atoms with Gasteiger partial charge in [-0.05, 0) is 18.6 Å². The minimum atomic E-state index is -1.55. The number of nitrogens with two attached hydrogens (primary N) is 1. The van der Waals surface area contributed by atoms with Gasteiger partial charge in [0.2, 0.25) is 0 Å². The number of carbonyl (C=O) groups is 1. The molecule has 1 aliphatic heterocycles. The van der Waals surface area contributed by atoms with Crippen molar-refractivity contribution in [2.24, 2.45) is 5.73 Å². The number of nitriles is 1. The quantitative estimate of drug-likeness (QED) is 0.556. The van der Waals surface area contributed by atoms with Gasteiger partial charge in [0, 0.05) is 25.8 Å². The number of carbonyl (C=O) groups excluding carboxylic acids is 1. The SMILES string of the molecule is N#Cc1c[nH]c2ncnc(N3CC[C@](N)(CNC(=O)c4c(F)ccc(F)c4F)C3)c12.